The summed E-state index contributed by atoms with van der Waals surface area (Å²) in [5, 5.41) is 3.11. The first-order valence-corrected chi connectivity index (χ1v) is 6.56. The Kier molecular flexibility index (Phi) is 4.35. The van der Waals surface area contributed by atoms with Crippen molar-refractivity contribution in [2.24, 2.45) is 0 Å². The van der Waals surface area contributed by atoms with Crippen LogP contribution in [0.3, 0.4) is 0 Å². The molecular formula is C14H19F2N3O. The van der Waals surface area contributed by atoms with Crippen LogP contribution in [0.25, 0.3) is 0 Å². The van der Waals surface area contributed by atoms with E-state index in [1.165, 1.54) is 6.07 Å². The molecule has 6 heteroatoms. The van der Waals surface area contributed by atoms with Crippen molar-refractivity contribution < 1.29 is 13.6 Å². The highest BCUT2D eigenvalue weighted by Gasteiger charge is 2.36. The van der Waals surface area contributed by atoms with E-state index in [0.717, 1.165) is 12.1 Å². The lowest BCUT2D eigenvalue weighted by molar-refractivity contribution is -0.130. The Morgan fingerprint density at radius 2 is 2.00 bits per heavy atom. The first-order chi connectivity index (χ1) is 9.40. The third-order valence-corrected chi connectivity index (χ3v) is 3.42. The zero-order valence-electron chi connectivity index (χ0n) is 11.9. The fourth-order valence-corrected chi connectivity index (χ4v) is 2.28. The molecular weight excluding hydrogens is 264 g/mol. The largest absolute Gasteiger partial charge is 0.320 e. The predicted molar refractivity (Wildman–Crippen MR) is 72.0 cm³/mol. The van der Waals surface area contributed by atoms with Crippen LogP contribution in [0.4, 0.5) is 8.78 Å². The molecule has 2 unspecified atom stereocenters. The van der Waals surface area contributed by atoms with E-state index < -0.39 is 17.8 Å². The maximum Gasteiger partial charge on any atom is 0.241 e. The molecule has 0 aliphatic carbocycles. The first kappa shape index (κ1) is 14.9. The molecule has 1 saturated heterocycles. The molecule has 0 saturated carbocycles. The molecule has 1 heterocycles. The van der Waals surface area contributed by atoms with E-state index in [0.29, 0.717) is 18.7 Å². The van der Waals surface area contributed by atoms with Crippen molar-refractivity contribution in [1.29, 1.82) is 0 Å². The lowest BCUT2D eigenvalue weighted by atomic mass is 10.1. The maximum absolute atomic E-state index is 13.4. The molecule has 0 bridgehead atoms. The van der Waals surface area contributed by atoms with Crippen molar-refractivity contribution in [3.8, 4) is 0 Å². The van der Waals surface area contributed by atoms with Crippen LogP contribution in [0.15, 0.2) is 18.2 Å². The van der Waals surface area contributed by atoms with Crippen LogP contribution in [0.2, 0.25) is 0 Å². The maximum atomic E-state index is 13.4. The average Bonchev–Trinajstić information content (AvgIpc) is 2.67. The quantitative estimate of drug-likeness (QED) is 0.906. The van der Waals surface area contributed by atoms with Gasteiger partial charge >= 0.3 is 0 Å². The monoisotopic (exact) mass is 283 g/mol. The molecule has 110 valence electrons. The van der Waals surface area contributed by atoms with Gasteiger partial charge in [0.1, 0.15) is 6.17 Å². The molecule has 20 heavy (non-hydrogen) atoms. The van der Waals surface area contributed by atoms with Crippen molar-refractivity contribution in [3.63, 3.8) is 0 Å². The van der Waals surface area contributed by atoms with Crippen LogP contribution in [0.1, 0.15) is 18.7 Å². The van der Waals surface area contributed by atoms with Gasteiger partial charge in [-0.1, -0.05) is 6.07 Å². The lowest BCUT2D eigenvalue weighted by Gasteiger charge is -2.26. The van der Waals surface area contributed by atoms with Gasteiger partial charge in [0.25, 0.3) is 0 Å². The van der Waals surface area contributed by atoms with Crippen molar-refractivity contribution in [2.45, 2.75) is 19.1 Å². The van der Waals surface area contributed by atoms with Gasteiger partial charge in [-0.25, -0.2) is 8.78 Å². The molecule has 1 aromatic rings. The number of carbonyl (C=O) groups is 1. The van der Waals surface area contributed by atoms with Gasteiger partial charge in [-0.3, -0.25) is 10.1 Å². The van der Waals surface area contributed by atoms with E-state index in [4.69, 9.17) is 0 Å². The van der Waals surface area contributed by atoms with Crippen molar-refractivity contribution >= 4 is 5.91 Å². The third-order valence-electron chi connectivity index (χ3n) is 3.42. The van der Waals surface area contributed by atoms with E-state index in [1.54, 1.807) is 11.8 Å². The third kappa shape index (κ3) is 2.96. The number of hydrogen-bond acceptors (Lipinski definition) is 3. The second-order valence-corrected chi connectivity index (χ2v) is 5.30. The zero-order chi connectivity index (χ0) is 14.9. The smallest absolute Gasteiger partial charge is 0.241 e. The Hall–Kier alpha value is -1.53. The summed E-state index contributed by atoms with van der Waals surface area (Å²) >= 11 is 0. The Morgan fingerprint density at radius 1 is 1.30 bits per heavy atom. The van der Waals surface area contributed by atoms with Crippen LogP contribution < -0.4 is 5.32 Å². The molecule has 1 amide bonds. The van der Waals surface area contributed by atoms with Crippen LogP contribution >= 0.6 is 0 Å². The lowest BCUT2D eigenvalue weighted by Crippen LogP contribution is -2.36. The van der Waals surface area contributed by atoms with E-state index in [-0.39, 0.29) is 11.9 Å². The van der Waals surface area contributed by atoms with Crippen molar-refractivity contribution in [1.82, 2.24) is 15.1 Å². The zero-order valence-corrected chi connectivity index (χ0v) is 11.9. The molecule has 1 aliphatic heterocycles. The van der Waals surface area contributed by atoms with Gasteiger partial charge in [0, 0.05) is 13.1 Å². The van der Waals surface area contributed by atoms with Crippen LogP contribution in [0, 0.1) is 11.6 Å². The number of likely N-dealkylation sites (N-methyl/N-ethyl adjacent to an activating group) is 1. The summed E-state index contributed by atoms with van der Waals surface area (Å²) in [5.74, 6) is -1.81. The summed E-state index contributed by atoms with van der Waals surface area (Å²) in [6.07, 6.45) is -0.410. The normalized spacial score (nSPS) is 22.9. The van der Waals surface area contributed by atoms with Gasteiger partial charge in [0.2, 0.25) is 5.91 Å². The summed E-state index contributed by atoms with van der Waals surface area (Å²) < 4.78 is 26.4. The van der Waals surface area contributed by atoms with Crippen molar-refractivity contribution in [3.05, 3.63) is 35.4 Å². The summed E-state index contributed by atoms with van der Waals surface area (Å²) in [6.45, 7) is 3.01. The topological polar surface area (TPSA) is 35.6 Å². The minimum Gasteiger partial charge on any atom is -0.320 e. The highest BCUT2D eigenvalue weighted by Crippen LogP contribution is 2.26. The molecule has 0 aromatic heterocycles. The number of nitrogens with zero attached hydrogens (tertiary/aromatic N) is 2. The fourth-order valence-electron chi connectivity index (χ4n) is 2.28. The summed E-state index contributed by atoms with van der Waals surface area (Å²) in [4.78, 5) is 15.8. The summed E-state index contributed by atoms with van der Waals surface area (Å²) in [5.41, 5.74) is 0.556. The van der Waals surface area contributed by atoms with Gasteiger partial charge < -0.3 is 9.80 Å². The standard InChI is InChI=1S/C14H19F2N3O/c1-9-14(20)19(7-6-18(2)3)13(17-9)10-4-5-11(15)12(16)8-10/h4-5,8-9,13,17H,6-7H2,1-3H3. The van der Waals surface area contributed by atoms with Crippen LogP contribution in [0.5, 0.6) is 0 Å². The molecule has 2 atom stereocenters. The Labute approximate surface area is 117 Å². The molecule has 0 radical (unpaired) electrons. The SMILES string of the molecule is CC1NC(c2ccc(F)c(F)c2)N(CCN(C)C)C1=O. The van der Waals surface area contributed by atoms with E-state index in [1.807, 2.05) is 19.0 Å². The Bertz CT molecular complexity index is 507. The number of amides is 1. The first-order valence-electron chi connectivity index (χ1n) is 6.56. The number of benzene rings is 1. The van der Waals surface area contributed by atoms with Gasteiger partial charge in [0.05, 0.1) is 6.04 Å². The number of carbonyl (C=O) groups excluding carboxylic acids is 1. The van der Waals surface area contributed by atoms with E-state index in [9.17, 15) is 13.6 Å². The predicted octanol–water partition coefficient (Wildman–Crippen LogP) is 1.35. The molecule has 1 N–H and O–H groups in total. The van der Waals surface area contributed by atoms with Crippen LogP contribution in [-0.4, -0.2) is 48.9 Å². The van der Waals surface area contributed by atoms with E-state index in [2.05, 4.69) is 5.32 Å². The van der Waals surface area contributed by atoms with E-state index >= 15 is 0 Å². The van der Waals surface area contributed by atoms with Gasteiger partial charge in [-0.05, 0) is 38.7 Å². The van der Waals surface area contributed by atoms with Crippen molar-refractivity contribution in [2.75, 3.05) is 27.2 Å². The fraction of sp³-hybridized carbons (Fsp3) is 0.500. The number of hydrogen-bond donors (Lipinski definition) is 1. The average molecular weight is 283 g/mol. The summed E-state index contributed by atoms with van der Waals surface area (Å²) in [7, 11) is 3.84. The Morgan fingerprint density at radius 3 is 2.60 bits per heavy atom. The Balaban J connectivity index is 2.23. The summed E-state index contributed by atoms with van der Waals surface area (Å²) in [6, 6.07) is 3.41. The second kappa shape index (κ2) is 5.85. The number of rotatable bonds is 4. The minimum atomic E-state index is -0.899. The second-order valence-electron chi connectivity index (χ2n) is 5.30. The van der Waals surface area contributed by atoms with Crippen LogP contribution in [-0.2, 0) is 4.79 Å². The molecule has 1 fully saturated rings. The van der Waals surface area contributed by atoms with Gasteiger partial charge in [-0.15, -0.1) is 0 Å². The molecule has 1 aliphatic rings. The molecule has 4 nitrogen and oxygen atoms in total. The highest BCUT2D eigenvalue weighted by molar-refractivity contribution is 5.84. The highest BCUT2D eigenvalue weighted by atomic mass is 19.2. The minimum absolute atomic E-state index is 0.0263. The number of halogens is 2. The number of nitrogens with one attached hydrogen (secondary N) is 1. The van der Waals surface area contributed by atoms with Gasteiger partial charge in [-0.2, -0.15) is 0 Å². The molecule has 2 rings (SSSR count). The molecule has 1 aromatic carbocycles. The molecule has 0 spiro atoms. The van der Waals surface area contributed by atoms with Gasteiger partial charge in [0.15, 0.2) is 11.6 Å².